The lowest BCUT2D eigenvalue weighted by atomic mass is 9.93. The molecule has 0 aromatic heterocycles. The van der Waals surface area contributed by atoms with E-state index in [4.69, 9.17) is 0 Å². The monoisotopic (exact) mass is 282 g/mol. The van der Waals surface area contributed by atoms with Crippen molar-refractivity contribution in [2.75, 3.05) is 0 Å². The van der Waals surface area contributed by atoms with E-state index in [1.807, 2.05) is 0 Å². The highest BCUT2D eigenvalue weighted by Crippen LogP contribution is 2.45. The number of hydrogen-bond acceptors (Lipinski definition) is 0. The van der Waals surface area contributed by atoms with Gasteiger partial charge in [0.2, 0.25) is 0 Å². The summed E-state index contributed by atoms with van der Waals surface area (Å²) in [6, 6.07) is 22.2. The summed E-state index contributed by atoms with van der Waals surface area (Å²) in [5, 5.41) is 2.67. The van der Waals surface area contributed by atoms with E-state index in [1.54, 1.807) is 5.57 Å². The smallest absolute Gasteiger partial charge is 0.00548 e. The third-order valence-corrected chi connectivity index (χ3v) is 5.10. The molecule has 3 aromatic rings. The van der Waals surface area contributed by atoms with E-state index in [0.29, 0.717) is 0 Å². The Morgan fingerprint density at radius 1 is 0.727 bits per heavy atom. The predicted octanol–water partition coefficient (Wildman–Crippen LogP) is 5.86. The fraction of sp³-hybridized carbons (Fsp3) is 0.182. The third-order valence-electron chi connectivity index (χ3n) is 5.10. The summed E-state index contributed by atoms with van der Waals surface area (Å²) in [7, 11) is 0. The molecule has 3 aromatic carbocycles. The summed E-state index contributed by atoms with van der Waals surface area (Å²) in [6.45, 7) is 0. The molecule has 0 radical (unpaired) electrons. The van der Waals surface area contributed by atoms with Crippen molar-refractivity contribution >= 4 is 16.8 Å². The molecule has 0 aliphatic heterocycles. The summed E-state index contributed by atoms with van der Waals surface area (Å²) in [4.78, 5) is 0. The highest BCUT2D eigenvalue weighted by Gasteiger charge is 2.29. The molecule has 0 saturated heterocycles. The van der Waals surface area contributed by atoms with Crippen LogP contribution in [0.4, 0.5) is 0 Å². The minimum atomic E-state index is 0.868. The minimum Gasteiger partial charge on any atom is -0.0621 e. The van der Waals surface area contributed by atoms with E-state index in [9.17, 15) is 0 Å². The first-order chi connectivity index (χ1) is 10.9. The third kappa shape index (κ3) is 1.84. The van der Waals surface area contributed by atoms with Crippen molar-refractivity contribution in [1.82, 2.24) is 0 Å². The topological polar surface area (TPSA) is 0 Å². The van der Waals surface area contributed by atoms with Crippen molar-refractivity contribution in [3.63, 3.8) is 0 Å². The first kappa shape index (κ1) is 12.2. The van der Waals surface area contributed by atoms with Gasteiger partial charge in [-0.2, -0.15) is 0 Å². The molecule has 0 unspecified atom stereocenters. The average molecular weight is 282 g/mol. The molecule has 106 valence electrons. The lowest BCUT2D eigenvalue weighted by Gasteiger charge is -2.11. The second-order valence-corrected chi connectivity index (χ2v) is 6.58. The normalized spacial score (nSPS) is 16.6. The Hall–Kier alpha value is -2.34. The van der Waals surface area contributed by atoms with Crippen molar-refractivity contribution in [3.8, 4) is 11.1 Å². The Balaban J connectivity index is 1.75. The maximum absolute atomic E-state index is 2.48. The molecule has 0 heteroatoms. The summed E-state index contributed by atoms with van der Waals surface area (Å²) in [6.07, 6.45) is 6.43. The van der Waals surface area contributed by atoms with Crippen LogP contribution in [0.5, 0.6) is 0 Å². The Morgan fingerprint density at radius 2 is 1.50 bits per heavy atom. The standard InChI is InChI=1S/C22H18/c1-2-8-19-16(5-1)6-3-9-20(19)21-10-4-7-17-13-18(14-22(17)21)15-11-12-15/h1-10,14-15H,11-13H2. The zero-order valence-electron chi connectivity index (χ0n) is 12.5. The quantitative estimate of drug-likeness (QED) is 0.552. The van der Waals surface area contributed by atoms with Crippen LogP contribution in [0.2, 0.25) is 0 Å². The van der Waals surface area contributed by atoms with Gasteiger partial charge in [0.15, 0.2) is 0 Å². The molecule has 22 heavy (non-hydrogen) atoms. The molecular weight excluding hydrogens is 264 g/mol. The van der Waals surface area contributed by atoms with Crippen LogP contribution in [0.15, 0.2) is 66.2 Å². The number of hydrogen-bond donors (Lipinski definition) is 0. The van der Waals surface area contributed by atoms with Crippen molar-refractivity contribution in [3.05, 3.63) is 77.4 Å². The van der Waals surface area contributed by atoms with Crippen LogP contribution in [0.25, 0.3) is 28.0 Å². The molecule has 2 aliphatic carbocycles. The van der Waals surface area contributed by atoms with Gasteiger partial charge in [-0.15, -0.1) is 0 Å². The van der Waals surface area contributed by atoms with Crippen molar-refractivity contribution in [2.24, 2.45) is 5.92 Å². The first-order valence-electron chi connectivity index (χ1n) is 8.21. The van der Waals surface area contributed by atoms with E-state index >= 15 is 0 Å². The van der Waals surface area contributed by atoms with Gasteiger partial charge in [-0.25, -0.2) is 0 Å². The van der Waals surface area contributed by atoms with E-state index in [0.717, 1.165) is 5.92 Å². The Bertz CT molecular complexity index is 905. The molecule has 0 amide bonds. The maximum atomic E-state index is 2.48. The second-order valence-electron chi connectivity index (χ2n) is 6.58. The maximum Gasteiger partial charge on any atom is -0.00548 e. The molecule has 1 fully saturated rings. The van der Waals surface area contributed by atoms with E-state index in [2.05, 4.69) is 66.7 Å². The Labute approximate surface area is 131 Å². The van der Waals surface area contributed by atoms with Gasteiger partial charge < -0.3 is 0 Å². The number of fused-ring (bicyclic) bond motifs is 2. The van der Waals surface area contributed by atoms with Crippen LogP contribution in [0.1, 0.15) is 24.0 Å². The fourth-order valence-corrected chi connectivity index (χ4v) is 3.81. The number of rotatable bonds is 2. The number of benzene rings is 3. The molecule has 0 bridgehead atoms. The lowest BCUT2D eigenvalue weighted by Crippen LogP contribution is -1.89. The summed E-state index contributed by atoms with van der Waals surface area (Å²) >= 11 is 0. The molecule has 0 atom stereocenters. The summed E-state index contributed by atoms with van der Waals surface area (Å²) in [5.74, 6) is 0.868. The van der Waals surface area contributed by atoms with E-state index < -0.39 is 0 Å². The van der Waals surface area contributed by atoms with E-state index in [-0.39, 0.29) is 0 Å². The number of allylic oxidation sites excluding steroid dienone is 1. The molecule has 0 N–H and O–H groups in total. The molecular formula is C22H18. The molecule has 2 aliphatic rings. The van der Waals surface area contributed by atoms with Crippen LogP contribution in [0, 0.1) is 5.92 Å². The van der Waals surface area contributed by atoms with Crippen LogP contribution in [-0.2, 0) is 6.42 Å². The lowest BCUT2D eigenvalue weighted by molar-refractivity contribution is 0.962. The molecule has 0 spiro atoms. The van der Waals surface area contributed by atoms with Gasteiger partial charge in [-0.1, -0.05) is 72.3 Å². The van der Waals surface area contributed by atoms with Gasteiger partial charge in [0.1, 0.15) is 0 Å². The predicted molar refractivity (Wildman–Crippen MR) is 93.8 cm³/mol. The van der Waals surface area contributed by atoms with Gasteiger partial charge >= 0.3 is 0 Å². The fourth-order valence-electron chi connectivity index (χ4n) is 3.81. The summed E-state index contributed by atoms with van der Waals surface area (Å²) in [5.41, 5.74) is 7.38. The molecule has 0 nitrogen and oxygen atoms in total. The van der Waals surface area contributed by atoms with Gasteiger partial charge in [-0.05, 0) is 58.2 Å². The van der Waals surface area contributed by atoms with Crippen LogP contribution in [0.3, 0.4) is 0 Å². The first-order valence-corrected chi connectivity index (χ1v) is 8.21. The van der Waals surface area contributed by atoms with Crippen LogP contribution in [-0.4, -0.2) is 0 Å². The average Bonchev–Trinajstić information content (AvgIpc) is 3.33. The van der Waals surface area contributed by atoms with Crippen LogP contribution < -0.4 is 0 Å². The Morgan fingerprint density at radius 3 is 2.41 bits per heavy atom. The van der Waals surface area contributed by atoms with Gasteiger partial charge in [-0.3, -0.25) is 0 Å². The van der Waals surface area contributed by atoms with Crippen molar-refractivity contribution < 1.29 is 0 Å². The highest BCUT2D eigenvalue weighted by molar-refractivity contribution is 5.99. The van der Waals surface area contributed by atoms with Crippen molar-refractivity contribution in [2.45, 2.75) is 19.3 Å². The van der Waals surface area contributed by atoms with Crippen LogP contribution >= 0.6 is 0 Å². The zero-order chi connectivity index (χ0) is 14.5. The summed E-state index contributed by atoms with van der Waals surface area (Å²) < 4.78 is 0. The van der Waals surface area contributed by atoms with Gasteiger partial charge in [0.25, 0.3) is 0 Å². The largest absolute Gasteiger partial charge is 0.0621 e. The van der Waals surface area contributed by atoms with Crippen molar-refractivity contribution in [1.29, 1.82) is 0 Å². The Kier molecular flexibility index (Phi) is 2.54. The van der Waals surface area contributed by atoms with Gasteiger partial charge in [0, 0.05) is 0 Å². The van der Waals surface area contributed by atoms with E-state index in [1.165, 1.54) is 52.3 Å². The van der Waals surface area contributed by atoms with Gasteiger partial charge in [0.05, 0.1) is 0 Å². The highest BCUT2D eigenvalue weighted by atomic mass is 14.3. The molecule has 5 rings (SSSR count). The minimum absolute atomic E-state index is 0.868. The molecule has 1 saturated carbocycles. The molecule has 0 heterocycles. The zero-order valence-corrected chi connectivity index (χ0v) is 12.5. The SMILES string of the molecule is C1=C(C2CC2)Cc2cccc(-c3cccc4ccccc34)c21. The second kappa shape index (κ2) is 4.58.